The third-order valence-corrected chi connectivity index (χ3v) is 5.26. The third-order valence-electron chi connectivity index (χ3n) is 5.26. The first kappa shape index (κ1) is 12.9. The zero-order valence-electron chi connectivity index (χ0n) is 11.5. The van der Waals surface area contributed by atoms with Gasteiger partial charge in [0.15, 0.2) is 0 Å². The monoisotopic (exact) mass is 238 g/mol. The van der Waals surface area contributed by atoms with E-state index in [1.54, 1.807) is 0 Å². The van der Waals surface area contributed by atoms with Crippen LogP contribution in [0.4, 0.5) is 0 Å². The molecule has 0 aromatic carbocycles. The Labute approximate surface area is 105 Å². The van der Waals surface area contributed by atoms with Crippen LogP contribution in [0.2, 0.25) is 0 Å². The van der Waals surface area contributed by atoms with Gasteiger partial charge in [-0.1, -0.05) is 27.7 Å². The van der Waals surface area contributed by atoms with Gasteiger partial charge >= 0.3 is 0 Å². The van der Waals surface area contributed by atoms with Crippen molar-refractivity contribution in [2.75, 3.05) is 0 Å². The molecule has 2 aliphatic rings. The van der Waals surface area contributed by atoms with Crippen LogP contribution in [0.5, 0.6) is 0 Å². The second kappa shape index (κ2) is 4.27. The van der Waals surface area contributed by atoms with Gasteiger partial charge in [0, 0.05) is 18.0 Å². The minimum atomic E-state index is 0.0138. The van der Waals surface area contributed by atoms with Crippen LogP contribution in [0.15, 0.2) is 0 Å². The molecule has 2 aliphatic carbocycles. The highest BCUT2D eigenvalue weighted by Crippen LogP contribution is 2.44. The van der Waals surface area contributed by atoms with Gasteiger partial charge in [-0.25, -0.2) is 0 Å². The van der Waals surface area contributed by atoms with E-state index in [4.69, 9.17) is 5.73 Å². The Balaban J connectivity index is 2.01. The Morgan fingerprint density at radius 3 is 2.41 bits per heavy atom. The minimum Gasteiger partial charge on any atom is -0.353 e. The van der Waals surface area contributed by atoms with Gasteiger partial charge in [-0.3, -0.25) is 4.79 Å². The molecule has 0 aliphatic heterocycles. The highest BCUT2D eigenvalue weighted by atomic mass is 16.2. The minimum absolute atomic E-state index is 0.0138. The smallest absolute Gasteiger partial charge is 0.223 e. The second-order valence-corrected chi connectivity index (χ2v) is 6.73. The normalized spacial score (nSPS) is 44.2. The van der Waals surface area contributed by atoms with Crippen LogP contribution in [0, 0.1) is 23.2 Å². The van der Waals surface area contributed by atoms with E-state index in [0.717, 1.165) is 19.3 Å². The SMILES string of the molecule is CC1CC1NC(=O)C1CCC(N)C(C)C1(C)C. The predicted molar refractivity (Wildman–Crippen MR) is 69.4 cm³/mol. The summed E-state index contributed by atoms with van der Waals surface area (Å²) in [5, 5.41) is 3.18. The molecular formula is C14H26N2O. The number of amides is 1. The predicted octanol–water partition coefficient (Wildman–Crippen LogP) is 1.91. The molecular weight excluding hydrogens is 212 g/mol. The lowest BCUT2D eigenvalue weighted by atomic mass is 9.61. The fourth-order valence-electron chi connectivity index (χ4n) is 3.13. The van der Waals surface area contributed by atoms with E-state index in [-0.39, 0.29) is 23.3 Å². The molecule has 17 heavy (non-hydrogen) atoms. The van der Waals surface area contributed by atoms with Gasteiger partial charge in [-0.15, -0.1) is 0 Å². The van der Waals surface area contributed by atoms with E-state index < -0.39 is 0 Å². The van der Waals surface area contributed by atoms with E-state index in [9.17, 15) is 4.79 Å². The molecule has 3 nitrogen and oxygen atoms in total. The quantitative estimate of drug-likeness (QED) is 0.772. The average Bonchev–Trinajstić information content (AvgIpc) is 2.90. The Morgan fingerprint density at radius 1 is 1.29 bits per heavy atom. The van der Waals surface area contributed by atoms with Crippen molar-refractivity contribution in [1.29, 1.82) is 0 Å². The number of carbonyl (C=O) groups excluding carboxylic acids is 1. The van der Waals surface area contributed by atoms with E-state index in [0.29, 0.717) is 17.9 Å². The maximum Gasteiger partial charge on any atom is 0.223 e. The zero-order valence-corrected chi connectivity index (χ0v) is 11.5. The van der Waals surface area contributed by atoms with E-state index in [2.05, 4.69) is 33.0 Å². The van der Waals surface area contributed by atoms with Crippen molar-refractivity contribution >= 4 is 5.91 Å². The van der Waals surface area contributed by atoms with E-state index >= 15 is 0 Å². The maximum absolute atomic E-state index is 12.3. The van der Waals surface area contributed by atoms with E-state index in [1.165, 1.54) is 0 Å². The number of hydrogen-bond acceptors (Lipinski definition) is 2. The molecule has 98 valence electrons. The van der Waals surface area contributed by atoms with Crippen molar-refractivity contribution < 1.29 is 4.79 Å². The average molecular weight is 238 g/mol. The van der Waals surface area contributed by atoms with Crippen LogP contribution in [0.25, 0.3) is 0 Å². The lowest BCUT2D eigenvalue weighted by molar-refractivity contribution is -0.132. The first-order chi connectivity index (χ1) is 7.84. The summed E-state index contributed by atoms with van der Waals surface area (Å²) >= 11 is 0. The molecule has 0 heterocycles. The van der Waals surface area contributed by atoms with E-state index in [1.807, 2.05) is 0 Å². The Hall–Kier alpha value is -0.570. The molecule has 2 saturated carbocycles. The number of carbonyl (C=O) groups is 1. The lowest BCUT2D eigenvalue weighted by Gasteiger charge is -2.46. The van der Waals surface area contributed by atoms with Gasteiger partial charge in [-0.05, 0) is 36.5 Å². The molecule has 3 N–H and O–H groups in total. The van der Waals surface area contributed by atoms with Crippen LogP contribution in [-0.2, 0) is 4.79 Å². The molecule has 5 atom stereocenters. The first-order valence-electron chi connectivity index (χ1n) is 6.90. The van der Waals surface area contributed by atoms with Gasteiger partial charge < -0.3 is 11.1 Å². The number of rotatable bonds is 2. The molecule has 0 spiro atoms. The van der Waals surface area contributed by atoms with Gasteiger partial charge in [0.1, 0.15) is 0 Å². The van der Waals surface area contributed by atoms with Crippen molar-refractivity contribution in [2.45, 2.75) is 59.0 Å². The third kappa shape index (κ3) is 2.35. The van der Waals surface area contributed by atoms with Crippen molar-refractivity contribution in [2.24, 2.45) is 28.9 Å². The fourth-order valence-corrected chi connectivity index (χ4v) is 3.13. The highest BCUT2D eigenvalue weighted by molar-refractivity contribution is 5.80. The highest BCUT2D eigenvalue weighted by Gasteiger charge is 2.46. The largest absolute Gasteiger partial charge is 0.353 e. The van der Waals surface area contributed by atoms with Crippen LogP contribution in [0.3, 0.4) is 0 Å². The molecule has 0 aromatic rings. The topological polar surface area (TPSA) is 55.1 Å². The summed E-state index contributed by atoms with van der Waals surface area (Å²) < 4.78 is 0. The second-order valence-electron chi connectivity index (χ2n) is 6.73. The molecule has 0 aromatic heterocycles. The van der Waals surface area contributed by atoms with Crippen LogP contribution < -0.4 is 11.1 Å². The first-order valence-corrected chi connectivity index (χ1v) is 6.90. The molecule has 2 fully saturated rings. The Morgan fingerprint density at radius 2 is 1.88 bits per heavy atom. The summed E-state index contributed by atoms with van der Waals surface area (Å²) in [7, 11) is 0. The van der Waals surface area contributed by atoms with Crippen molar-refractivity contribution in [3.05, 3.63) is 0 Å². The molecule has 5 unspecified atom stereocenters. The molecule has 1 amide bonds. The summed E-state index contributed by atoms with van der Waals surface area (Å²) in [6, 6.07) is 0.679. The number of hydrogen-bond donors (Lipinski definition) is 2. The van der Waals surface area contributed by atoms with Gasteiger partial charge in [0.25, 0.3) is 0 Å². The lowest BCUT2D eigenvalue weighted by Crippen LogP contribution is -2.52. The molecule has 0 radical (unpaired) electrons. The molecule has 0 saturated heterocycles. The van der Waals surface area contributed by atoms with Crippen LogP contribution >= 0.6 is 0 Å². The summed E-state index contributed by atoms with van der Waals surface area (Å²) in [6.45, 7) is 8.76. The fraction of sp³-hybridized carbons (Fsp3) is 0.929. The van der Waals surface area contributed by atoms with Gasteiger partial charge in [-0.2, -0.15) is 0 Å². The summed E-state index contributed by atoms with van der Waals surface area (Å²) in [6.07, 6.45) is 3.06. The number of nitrogens with two attached hydrogens (primary N) is 1. The van der Waals surface area contributed by atoms with Gasteiger partial charge in [0.05, 0.1) is 0 Å². The van der Waals surface area contributed by atoms with Crippen molar-refractivity contribution in [3.63, 3.8) is 0 Å². The van der Waals surface area contributed by atoms with Gasteiger partial charge in [0.2, 0.25) is 5.91 Å². The van der Waals surface area contributed by atoms with Crippen LogP contribution in [0.1, 0.15) is 47.0 Å². The molecule has 3 heteroatoms. The van der Waals surface area contributed by atoms with Crippen LogP contribution in [-0.4, -0.2) is 18.0 Å². The summed E-state index contributed by atoms with van der Waals surface area (Å²) in [5.41, 5.74) is 6.13. The molecule has 2 rings (SSSR count). The summed E-state index contributed by atoms with van der Waals surface area (Å²) in [5.74, 6) is 1.46. The number of nitrogens with one attached hydrogen (secondary N) is 1. The Bertz CT molecular complexity index is 313. The Kier molecular flexibility index (Phi) is 3.23. The standard InChI is InChI=1S/C14H26N2O/c1-8-7-12(8)16-13(17)10-5-6-11(15)9(2)14(10,3)4/h8-12H,5-7,15H2,1-4H3,(H,16,17). The maximum atomic E-state index is 12.3. The van der Waals surface area contributed by atoms with Crippen molar-refractivity contribution in [1.82, 2.24) is 5.32 Å². The molecule has 0 bridgehead atoms. The summed E-state index contributed by atoms with van der Waals surface area (Å²) in [4.78, 5) is 12.3. The zero-order chi connectivity index (χ0) is 12.8. The van der Waals surface area contributed by atoms with Crippen molar-refractivity contribution in [3.8, 4) is 0 Å².